The second-order valence-electron chi connectivity index (χ2n) is 8.16. The van der Waals surface area contributed by atoms with Crippen molar-refractivity contribution < 1.29 is 14.3 Å². The van der Waals surface area contributed by atoms with E-state index < -0.39 is 8.24 Å². The lowest BCUT2D eigenvalue weighted by atomic mass is 10.0. The number of benzene rings is 1. The van der Waals surface area contributed by atoms with Crippen molar-refractivity contribution in [2.75, 3.05) is 0 Å². The average molecular weight is 360 g/mol. The summed E-state index contributed by atoms with van der Waals surface area (Å²) < 4.78 is 7.34. The van der Waals surface area contributed by atoms with E-state index in [1.165, 1.54) is 6.08 Å². The first-order chi connectivity index (χ1) is 11.6. The molecular weight excluding hydrogens is 330 g/mol. The molecule has 1 aromatic rings. The van der Waals surface area contributed by atoms with E-state index in [-0.39, 0.29) is 29.6 Å². The summed E-state index contributed by atoms with van der Waals surface area (Å²) in [6, 6.07) is 9.83. The lowest BCUT2D eigenvalue weighted by molar-refractivity contribution is -0.139. The zero-order chi connectivity index (χ0) is 18.7. The highest BCUT2D eigenvalue weighted by Crippen LogP contribution is 2.43. The normalized spacial score (nSPS) is 18.4. The van der Waals surface area contributed by atoms with Gasteiger partial charge in [-0.15, -0.1) is 0 Å². The van der Waals surface area contributed by atoms with E-state index >= 15 is 0 Å². The predicted molar refractivity (Wildman–Crippen MR) is 102 cm³/mol. The highest BCUT2D eigenvalue weighted by molar-refractivity contribution is 6.79. The van der Waals surface area contributed by atoms with E-state index in [2.05, 4.69) is 38.4 Å². The van der Waals surface area contributed by atoms with E-state index in [1.54, 1.807) is 0 Å². The van der Waals surface area contributed by atoms with E-state index in [0.717, 1.165) is 5.56 Å². The highest BCUT2D eigenvalue weighted by atomic mass is 28.3. The van der Waals surface area contributed by atoms with Gasteiger partial charge in [0.2, 0.25) is 5.91 Å². The molecule has 0 aliphatic carbocycles. The number of rotatable bonds is 6. The van der Waals surface area contributed by atoms with Crippen LogP contribution in [0.2, 0.25) is 18.1 Å². The van der Waals surface area contributed by atoms with Gasteiger partial charge in [0, 0.05) is 18.5 Å². The first-order valence-corrected chi connectivity index (χ1v) is 11.8. The van der Waals surface area contributed by atoms with Gasteiger partial charge in [0.1, 0.15) is 6.61 Å². The summed E-state index contributed by atoms with van der Waals surface area (Å²) in [5.74, 6) is -0.0926. The lowest BCUT2D eigenvalue weighted by Crippen LogP contribution is -2.67. The predicted octanol–water partition coefficient (Wildman–Crippen LogP) is 4.28. The Bertz CT molecular complexity index is 647. The molecule has 1 fully saturated rings. The van der Waals surface area contributed by atoms with Crippen molar-refractivity contribution >= 4 is 20.1 Å². The largest absolute Gasteiger partial charge is 0.458 e. The number of carbonyl (C=O) groups excluding carboxylic acids is 2. The quantitative estimate of drug-likeness (QED) is 0.330. The maximum atomic E-state index is 12.1. The third-order valence-electron chi connectivity index (χ3n) is 5.37. The van der Waals surface area contributed by atoms with Crippen molar-refractivity contribution in [3.63, 3.8) is 0 Å². The molecule has 0 saturated carbocycles. The average Bonchev–Trinajstić information content (AvgIpc) is 2.51. The van der Waals surface area contributed by atoms with E-state index in [4.69, 9.17) is 4.74 Å². The molecule has 1 aromatic carbocycles. The summed E-state index contributed by atoms with van der Waals surface area (Å²) in [6.45, 7) is 11.4. The van der Waals surface area contributed by atoms with E-state index in [0.29, 0.717) is 12.8 Å². The molecule has 1 aliphatic rings. The van der Waals surface area contributed by atoms with Crippen LogP contribution in [-0.2, 0) is 20.9 Å². The maximum absolute atomic E-state index is 12.1. The van der Waals surface area contributed by atoms with Gasteiger partial charge in [0.15, 0.2) is 8.24 Å². The molecule has 2 rings (SSSR count). The zero-order valence-corrected chi connectivity index (χ0v) is 16.9. The molecule has 1 aliphatic heterocycles. The molecule has 0 spiro atoms. The van der Waals surface area contributed by atoms with Crippen LogP contribution >= 0.6 is 0 Å². The van der Waals surface area contributed by atoms with Gasteiger partial charge in [-0.3, -0.25) is 4.79 Å². The van der Waals surface area contributed by atoms with Gasteiger partial charge in [0.05, 0.1) is 0 Å². The Balaban J connectivity index is 1.85. The Morgan fingerprint density at radius 1 is 1.28 bits per heavy atom. The Morgan fingerprint density at radius 3 is 2.48 bits per heavy atom. The summed E-state index contributed by atoms with van der Waals surface area (Å²) in [6.07, 6.45) is 4.61. The minimum Gasteiger partial charge on any atom is -0.458 e. The number of β-lactam (4-membered cyclic amide) rings is 1. The number of ether oxygens (including phenoxy) is 1. The third-order valence-corrected chi connectivity index (χ3v) is 10.9. The fourth-order valence-electron chi connectivity index (χ4n) is 2.90. The fourth-order valence-corrected chi connectivity index (χ4v) is 5.45. The number of carbonyl (C=O) groups is 2. The second-order valence-corrected chi connectivity index (χ2v) is 13.3. The number of hydrogen-bond donors (Lipinski definition) is 0. The molecule has 0 aromatic heterocycles. The van der Waals surface area contributed by atoms with Gasteiger partial charge < -0.3 is 9.30 Å². The molecule has 0 unspecified atom stereocenters. The molecule has 1 atom stereocenters. The van der Waals surface area contributed by atoms with Crippen molar-refractivity contribution in [3.8, 4) is 0 Å². The number of amides is 1. The van der Waals surface area contributed by atoms with Gasteiger partial charge in [-0.1, -0.05) is 70.3 Å². The highest BCUT2D eigenvalue weighted by Gasteiger charge is 2.51. The molecule has 4 nitrogen and oxygen atoms in total. The number of nitrogens with zero attached hydrogens (tertiary/aromatic N) is 1. The summed E-state index contributed by atoms with van der Waals surface area (Å²) >= 11 is 0. The zero-order valence-electron chi connectivity index (χ0n) is 15.9. The molecule has 1 amide bonds. The van der Waals surface area contributed by atoms with Crippen LogP contribution in [-0.4, -0.2) is 30.7 Å². The van der Waals surface area contributed by atoms with Crippen LogP contribution in [0.1, 0.15) is 39.2 Å². The van der Waals surface area contributed by atoms with Gasteiger partial charge in [-0.2, -0.15) is 0 Å². The molecule has 5 heteroatoms. The maximum Gasteiger partial charge on any atom is 0.330 e. The molecule has 136 valence electrons. The van der Waals surface area contributed by atoms with Gasteiger partial charge in [-0.05, 0) is 17.0 Å². The molecule has 1 saturated heterocycles. The smallest absolute Gasteiger partial charge is 0.330 e. The molecule has 0 N–H and O–H groups in total. The molecule has 25 heavy (non-hydrogen) atoms. The van der Waals surface area contributed by atoms with E-state index in [1.807, 2.05) is 36.4 Å². The van der Waals surface area contributed by atoms with Crippen molar-refractivity contribution in [1.82, 2.24) is 4.57 Å². The summed E-state index contributed by atoms with van der Waals surface area (Å²) in [7, 11) is -1.85. The van der Waals surface area contributed by atoms with Gasteiger partial charge in [-0.25, -0.2) is 4.79 Å². The first-order valence-electron chi connectivity index (χ1n) is 8.82. The van der Waals surface area contributed by atoms with Crippen LogP contribution in [0.5, 0.6) is 0 Å². The van der Waals surface area contributed by atoms with Crippen molar-refractivity contribution in [2.45, 2.75) is 64.4 Å². The summed E-state index contributed by atoms with van der Waals surface area (Å²) in [4.78, 5) is 24.0. The Hall–Kier alpha value is -1.88. The van der Waals surface area contributed by atoms with Crippen molar-refractivity contribution in [1.29, 1.82) is 0 Å². The molecule has 1 heterocycles. The van der Waals surface area contributed by atoms with Gasteiger partial charge in [0.25, 0.3) is 0 Å². The minimum atomic E-state index is -1.85. The Kier molecular flexibility index (Phi) is 5.88. The standard InChI is InChI=1S/C20H29NO3Si/c1-20(2,3)25(4,5)21-17(14-18(21)22)12-9-13-19(23)24-15-16-10-7-6-8-11-16/h6-11,13,17H,12,14-15H2,1-5H3/b13-9+/t17-/m1/s1. The van der Waals surface area contributed by atoms with Crippen LogP contribution in [0, 0.1) is 0 Å². The van der Waals surface area contributed by atoms with Gasteiger partial charge >= 0.3 is 5.97 Å². The van der Waals surface area contributed by atoms with Crippen LogP contribution < -0.4 is 0 Å². The van der Waals surface area contributed by atoms with Crippen molar-refractivity contribution in [3.05, 3.63) is 48.0 Å². The van der Waals surface area contributed by atoms with Crippen LogP contribution in [0.4, 0.5) is 0 Å². The Labute approximate surface area is 152 Å². The first kappa shape index (κ1) is 19.4. The Morgan fingerprint density at radius 2 is 1.92 bits per heavy atom. The van der Waals surface area contributed by atoms with E-state index in [9.17, 15) is 9.59 Å². The summed E-state index contributed by atoms with van der Waals surface area (Å²) in [5.41, 5.74) is 0.970. The second kappa shape index (κ2) is 7.56. The van der Waals surface area contributed by atoms with Crippen LogP contribution in [0.3, 0.4) is 0 Å². The molecule has 0 bridgehead atoms. The summed E-state index contributed by atoms with van der Waals surface area (Å²) in [5, 5.41) is 0.125. The third kappa shape index (κ3) is 4.60. The molecular formula is C20H29NO3Si. The van der Waals surface area contributed by atoms with Crippen LogP contribution in [0.25, 0.3) is 0 Å². The minimum absolute atomic E-state index is 0.125. The SMILES string of the molecule is CC(C)(C)[Si](C)(C)N1C(=O)C[C@H]1C/C=C/C(=O)OCc1ccccc1. The molecule has 0 radical (unpaired) electrons. The monoisotopic (exact) mass is 359 g/mol. The van der Waals surface area contributed by atoms with Crippen LogP contribution in [0.15, 0.2) is 42.5 Å². The lowest BCUT2D eigenvalue weighted by Gasteiger charge is -2.55. The van der Waals surface area contributed by atoms with Crippen molar-refractivity contribution in [2.24, 2.45) is 0 Å². The topological polar surface area (TPSA) is 46.6 Å². The number of hydrogen-bond acceptors (Lipinski definition) is 3. The number of esters is 1. The fraction of sp³-hybridized carbons (Fsp3) is 0.500.